The van der Waals surface area contributed by atoms with E-state index in [-0.39, 0.29) is 0 Å². The van der Waals surface area contributed by atoms with E-state index in [0.29, 0.717) is 6.04 Å². The van der Waals surface area contributed by atoms with E-state index in [0.717, 1.165) is 6.54 Å². The molecular formula is C11H16N2S. The minimum Gasteiger partial charge on any atom is -0.304 e. The molecule has 2 rings (SSSR count). The summed E-state index contributed by atoms with van der Waals surface area (Å²) in [5, 5.41) is 4.59. The summed E-state index contributed by atoms with van der Waals surface area (Å²) in [6.07, 6.45) is 5.64. The predicted octanol–water partition coefficient (Wildman–Crippen LogP) is 2.30. The summed E-state index contributed by atoms with van der Waals surface area (Å²) in [6, 6.07) is 0.369. The smallest absolute Gasteiger partial charge is 0.107 e. The minimum absolute atomic E-state index is 0.369. The highest BCUT2D eigenvalue weighted by atomic mass is 32.1. The zero-order chi connectivity index (χ0) is 9.97. The Labute approximate surface area is 89.1 Å². The number of aryl methyl sites for hydroxylation is 2. The maximum atomic E-state index is 4.62. The number of hydrogen-bond donors (Lipinski definition) is 1. The summed E-state index contributed by atoms with van der Waals surface area (Å²) in [4.78, 5) is 6.13. The molecule has 1 aliphatic rings. The number of nitrogens with zero attached hydrogens (tertiary/aromatic N) is 1. The molecule has 14 heavy (non-hydrogen) atoms. The standard InChI is InChI=1S/C11H16N2S/c1-3-8(2)12-7-11-13-9-5-4-6-10(9)14-11/h3,8,12H,1,4-7H2,2H3. The normalized spacial score (nSPS) is 16.6. The lowest BCUT2D eigenvalue weighted by Crippen LogP contribution is -2.22. The Morgan fingerprint density at radius 2 is 2.50 bits per heavy atom. The van der Waals surface area contributed by atoms with E-state index >= 15 is 0 Å². The van der Waals surface area contributed by atoms with Crippen LogP contribution in [0.5, 0.6) is 0 Å². The van der Waals surface area contributed by atoms with E-state index in [2.05, 4.69) is 23.8 Å². The summed E-state index contributed by atoms with van der Waals surface area (Å²) < 4.78 is 0. The first kappa shape index (κ1) is 9.87. The number of aromatic nitrogens is 1. The molecule has 3 heteroatoms. The molecule has 1 unspecified atom stereocenters. The zero-order valence-electron chi connectivity index (χ0n) is 8.55. The maximum Gasteiger partial charge on any atom is 0.107 e. The molecule has 0 aromatic carbocycles. The van der Waals surface area contributed by atoms with Crippen molar-refractivity contribution in [3.8, 4) is 0 Å². The zero-order valence-corrected chi connectivity index (χ0v) is 9.36. The SMILES string of the molecule is C=CC(C)NCc1nc2c(s1)CCC2. The quantitative estimate of drug-likeness (QED) is 0.768. The second-order valence-electron chi connectivity index (χ2n) is 3.74. The van der Waals surface area contributed by atoms with Gasteiger partial charge in [-0.15, -0.1) is 17.9 Å². The molecule has 0 fully saturated rings. The fraction of sp³-hybridized carbons (Fsp3) is 0.545. The lowest BCUT2D eigenvalue weighted by molar-refractivity contribution is 0.630. The Hall–Kier alpha value is -0.670. The van der Waals surface area contributed by atoms with E-state index in [1.807, 2.05) is 17.4 Å². The van der Waals surface area contributed by atoms with Crippen molar-refractivity contribution in [2.24, 2.45) is 0 Å². The van der Waals surface area contributed by atoms with Gasteiger partial charge in [-0.25, -0.2) is 4.98 Å². The molecule has 0 saturated carbocycles. The van der Waals surface area contributed by atoms with E-state index in [1.54, 1.807) is 0 Å². The van der Waals surface area contributed by atoms with Gasteiger partial charge in [0.2, 0.25) is 0 Å². The van der Waals surface area contributed by atoms with Crippen molar-refractivity contribution in [1.29, 1.82) is 0 Å². The minimum atomic E-state index is 0.369. The van der Waals surface area contributed by atoms with Crippen molar-refractivity contribution in [3.63, 3.8) is 0 Å². The largest absolute Gasteiger partial charge is 0.304 e. The van der Waals surface area contributed by atoms with Crippen LogP contribution >= 0.6 is 11.3 Å². The highest BCUT2D eigenvalue weighted by Crippen LogP contribution is 2.27. The van der Waals surface area contributed by atoms with Crippen molar-refractivity contribution in [3.05, 3.63) is 28.2 Å². The third-order valence-electron chi connectivity index (χ3n) is 2.57. The first-order valence-electron chi connectivity index (χ1n) is 5.13. The molecule has 1 aliphatic carbocycles. The number of thiazole rings is 1. The van der Waals surface area contributed by atoms with Crippen molar-refractivity contribution < 1.29 is 0 Å². The van der Waals surface area contributed by atoms with E-state index in [1.165, 1.54) is 34.8 Å². The summed E-state index contributed by atoms with van der Waals surface area (Å²) in [6.45, 7) is 6.73. The Balaban J connectivity index is 1.94. The van der Waals surface area contributed by atoms with Crippen LogP contribution in [0.4, 0.5) is 0 Å². The topological polar surface area (TPSA) is 24.9 Å². The van der Waals surface area contributed by atoms with Crippen molar-refractivity contribution in [2.75, 3.05) is 0 Å². The van der Waals surface area contributed by atoms with Crippen LogP contribution in [0.15, 0.2) is 12.7 Å². The molecule has 76 valence electrons. The number of fused-ring (bicyclic) bond motifs is 1. The Kier molecular flexibility index (Phi) is 2.99. The van der Waals surface area contributed by atoms with Gasteiger partial charge in [0, 0.05) is 17.5 Å². The number of hydrogen-bond acceptors (Lipinski definition) is 3. The van der Waals surface area contributed by atoms with Gasteiger partial charge in [0.15, 0.2) is 0 Å². The van der Waals surface area contributed by atoms with Crippen molar-refractivity contribution in [2.45, 2.75) is 38.8 Å². The van der Waals surface area contributed by atoms with Crippen LogP contribution in [-0.2, 0) is 19.4 Å². The summed E-state index contributed by atoms with van der Waals surface area (Å²) in [7, 11) is 0. The monoisotopic (exact) mass is 208 g/mol. The molecule has 0 saturated heterocycles. The number of rotatable bonds is 4. The molecular weight excluding hydrogens is 192 g/mol. The van der Waals surface area contributed by atoms with Gasteiger partial charge < -0.3 is 5.32 Å². The lowest BCUT2D eigenvalue weighted by Gasteiger charge is -2.05. The predicted molar refractivity (Wildman–Crippen MR) is 60.6 cm³/mol. The Morgan fingerprint density at radius 1 is 1.64 bits per heavy atom. The first-order chi connectivity index (χ1) is 6.79. The van der Waals surface area contributed by atoms with Crippen LogP contribution in [0, 0.1) is 0 Å². The van der Waals surface area contributed by atoms with Gasteiger partial charge in [-0.1, -0.05) is 6.08 Å². The van der Waals surface area contributed by atoms with Crippen LogP contribution < -0.4 is 5.32 Å². The third-order valence-corrected chi connectivity index (χ3v) is 3.73. The van der Waals surface area contributed by atoms with Gasteiger partial charge in [0.25, 0.3) is 0 Å². The highest BCUT2D eigenvalue weighted by molar-refractivity contribution is 7.11. The van der Waals surface area contributed by atoms with Gasteiger partial charge in [-0.3, -0.25) is 0 Å². The molecule has 2 nitrogen and oxygen atoms in total. The molecule has 0 spiro atoms. The average molecular weight is 208 g/mol. The second-order valence-corrected chi connectivity index (χ2v) is 4.90. The first-order valence-corrected chi connectivity index (χ1v) is 5.94. The van der Waals surface area contributed by atoms with Gasteiger partial charge >= 0.3 is 0 Å². The molecule has 0 radical (unpaired) electrons. The van der Waals surface area contributed by atoms with Gasteiger partial charge in [0.1, 0.15) is 5.01 Å². The molecule has 0 amide bonds. The highest BCUT2D eigenvalue weighted by Gasteiger charge is 2.16. The molecule has 1 atom stereocenters. The van der Waals surface area contributed by atoms with E-state index in [4.69, 9.17) is 0 Å². The van der Waals surface area contributed by atoms with Crippen molar-refractivity contribution >= 4 is 11.3 Å². The molecule has 1 N–H and O–H groups in total. The van der Waals surface area contributed by atoms with Gasteiger partial charge in [-0.2, -0.15) is 0 Å². The van der Waals surface area contributed by atoms with Gasteiger partial charge in [0.05, 0.1) is 5.69 Å². The van der Waals surface area contributed by atoms with Crippen LogP contribution in [0.1, 0.15) is 28.9 Å². The van der Waals surface area contributed by atoms with E-state index in [9.17, 15) is 0 Å². The van der Waals surface area contributed by atoms with Gasteiger partial charge in [-0.05, 0) is 26.2 Å². The Morgan fingerprint density at radius 3 is 3.21 bits per heavy atom. The Bertz CT molecular complexity index is 309. The van der Waals surface area contributed by atoms with Crippen molar-refractivity contribution in [1.82, 2.24) is 10.3 Å². The van der Waals surface area contributed by atoms with Crippen LogP contribution in [0.3, 0.4) is 0 Å². The van der Waals surface area contributed by atoms with Crippen LogP contribution in [-0.4, -0.2) is 11.0 Å². The van der Waals surface area contributed by atoms with Crippen LogP contribution in [0.25, 0.3) is 0 Å². The fourth-order valence-electron chi connectivity index (χ4n) is 1.65. The average Bonchev–Trinajstić information content (AvgIpc) is 2.73. The molecule has 1 heterocycles. The molecule has 1 aromatic rings. The number of nitrogens with one attached hydrogen (secondary N) is 1. The fourth-order valence-corrected chi connectivity index (χ4v) is 2.76. The van der Waals surface area contributed by atoms with Crippen LogP contribution in [0.2, 0.25) is 0 Å². The molecule has 0 bridgehead atoms. The maximum absolute atomic E-state index is 4.62. The second kappa shape index (κ2) is 4.24. The van der Waals surface area contributed by atoms with E-state index < -0.39 is 0 Å². The molecule has 1 aromatic heterocycles. The third kappa shape index (κ3) is 2.04. The molecule has 0 aliphatic heterocycles. The summed E-state index contributed by atoms with van der Waals surface area (Å²) in [5.41, 5.74) is 1.35. The lowest BCUT2D eigenvalue weighted by atomic mass is 10.3. The summed E-state index contributed by atoms with van der Waals surface area (Å²) in [5.74, 6) is 0. The summed E-state index contributed by atoms with van der Waals surface area (Å²) >= 11 is 1.87.